The zero-order chi connectivity index (χ0) is 35.6. The Kier molecular flexibility index (Phi) is 12.8. The first-order valence-corrected chi connectivity index (χ1v) is 17.7. The third-order valence-electron chi connectivity index (χ3n) is 9.37. The van der Waals surface area contributed by atoms with Gasteiger partial charge in [0.15, 0.2) is 0 Å². The Morgan fingerprint density at radius 3 is 2.46 bits per heavy atom. The van der Waals surface area contributed by atoms with Crippen LogP contribution in [0.5, 0.6) is 5.75 Å². The Balaban J connectivity index is 1.34. The molecular weight excluding hydrogens is 640 g/mol. The van der Waals surface area contributed by atoms with Gasteiger partial charge in [0.05, 0.1) is 24.8 Å². The highest BCUT2D eigenvalue weighted by Crippen LogP contribution is 2.22. The van der Waals surface area contributed by atoms with E-state index in [9.17, 15) is 24.0 Å². The van der Waals surface area contributed by atoms with Gasteiger partial charge in [0.25, 0.3) is 5.91 Å². The second kappa shape index (κ2) is 17.4. The number of hydrogen-bond donors (Lipinski definition) is 4. The van der Waals surface area contributed by atoms with Gasteiger partial charge in [-0.1, -0.05) is 50.2 Å². The second-order valence-corrected chi connectivity index (χ2v) is 13.7. The number of benzene rings is 2. The maximum Gasteiger partial charge on any atom is 0.255 e. The van der Waals surface area contributed by atoms with Crippen molar-refractivity contribution in [2.24, 2.45) is 5.92 Å². The van der Waals surface area contributed by atoms with Gasteiger partial charge >= 0.3 is 0 Å². The summed E-state index contributed by atoms with van der Waals surface area (Å²) in [7, 11) is 0. The SMILES string of the molecule is CC(C)[C@H]1NC(=O)[C@@H]2CCCN2C(=O)CC[C@@H](C(=O)NCc2cccc(CN3CCOCC3)c2)NC(=O)c2ccccc2OC[C@H](C)NC1=O. The van der Waals surface area contributed by atoms with Crippen LogP contribution < -0.4 is 26.0 Å². The molecule has 4 N–H and O–H groups in total. The van der Waals surface area contributed by atoms with Crippen molar-refractivity contribution < 1.29 is 33.4 Å². The summed E-state index contributed by atoms with van der Waals surface area (Å²) in [5, 5.41) is 11.6. The average molecular weight is 691 g/mol. The molecule has 2 aromatic rings. The number of rotatable bonds is 6. The zero-order valence-electron chi connectivity index (χ0n) is 29.2. The largest absolute Gasteiger partial charge is 0.491 e. The maximum atomic E-state index is 13.7. The molecule has 3 heterocycles. The number of fused-ring (bicyclic) bond motifs is 2. The van der Waals surface area contributed by atoms with Gasteiger partial charge in [0, 0.05) is 39.1 Å². The number of morpholine rings is 1. The Labute approximate surface area is 293 Å². The molecule has 3 aliphatic rings. The molecule has 0 spiro atoms. The highest BCUT2D eigenvalue weighted by molar-refractivity contribution is 6.00. The molecule has 2 fully saturated rings. The average Bonchev–Trinajstić information content (AvgIpc) is 3.61. The molecule has 5 amide bonds. The third kappa shape index (κ3) is 9.81. The van der Waals surface area contributed by atoms with Gasteiger partial charge < -0.3 is 35.6 Å². The zero-order valence-corrected chi connectivity index (χ0v) is 29.2. The molecule has 2 saturated heterocycles. The number of carbonyl (C=O) groups is 5. The molecule has 0 saturated carbocycles. The van der Waals surface area contributed by atoms with Gasteiger partial charge in [0.2, 0.25) is 23.6 Å². The first kappa shape index (κ1) is 36.8. The van der Waals surface area contributed by atoms with Gasteiger partial charge in [-0.2, -0.15) is 0 Å². The van der Waals surface area contributed by atoms with Crippen LogP contribution in [0, 0.1) is 5.92 Å². The van der Waals surface area contributed by atoms with Crippen molar-refractivity contribution >= 4 is 29.5 Å². The molecule has 13 nitrogen and oxygen atoms in total. The van der Waals surface area contributed by atoms with E-state index in [1.807, 2.05) is 26.0 Å². The molecule has 0 aliphatic carbocycles. The number of amides is 5. The van der Waals surface area contributed by atoms with Crippen molar-refractivity contribution in [2.75, 3.05) is 39.5 Å². The molecule has 50 heavy (non-hydrogen) atoms. The number of ether oxygens (including phenoxy) is 2. The predicted molar refractivity (Wildman–Crippen MR) is 186 cm³/mol. The van der Waals surface area contributed by atoms with E-state index in [4.69, 9.17) is 9.47 Å². The van der Waals surface area contributed by atoms with E-state index in [0.29, 0.717) is 32.6 Å². The summed E-state index contributed by atoms with van der Waals surface area (Å²) in [6.07, 6.45) is 1.06. The fraction of sp³-hybridized carbons (Fsp3) is 0.541. The van der Waals surface area contributed by atoms with E-state index in [1.165, 1.54) is 4.90 Å². The summed E-state index contributed by atoms with van der Waals surface area (Å²) >= 11 is 0. The number of hydrogen-bond acceptors (Lipinski definition) is 8. The Morgan fingerprint density at radius 2 is 1.68 bits per heavy atom. The number of para-hydroxylation sites is 1. The van der Waals surface area contributed by atoms with E-state index in [0.717, 1.165) is 30.8 Å². The Hall–Kier alpha value is -4.49. The van der Waals surface area contributed by atoms with Gasteiger partial charge in [-0.25, -0.2) is 0 Å². The minimum atomic E-state index is -1.03. The smallest absolute Gasteiger partial charge is 0.255 e. The van der Waals surface area contributed by atoms with Crippen molar-refractivity contribution in [1.29, 1.82) is 0 Å². The summed E-state index contributed by atoms with van der Waals surface area (Å²) in [5.41, 5.74) is 2.26. The van der Waals surface area contributed by atoms with Gasteiger partial charge in [-0.3, -0.25) is 28.9 Å². The number of nitrogens with zero attached hydrogens (tertiary/aromatic N) is 2. The maximum absolute atomic E-state index is 13.7. The molecule has 3 aliphatic heterocycles. The van der Waals surface area contributed by atoms with Crippen LogP contribution in [0.15, 0.2) is 48.5 Å². The lowest BCUT2D eigenvalue weighted by Crippen LogP contribution is -2.56. The third-order valence-corrected chi connectivity index (χ3v) is 9.37. The minimum Gasteiger partial charge on any atom is -0.491 e. The van der Waals surface area contributed by atoms with Gasteiger partial charge in [0.1, 0.15) is 30.5 Å². The molecule has 5 rings (SSSR count). The molecule has 4 atom stereocenters. The van der Waals surface area contributed by atoms with Crippen LogP contribution in [0.25, 0.3) is 0 Å². The first-order valence-electron chi connectivity index (χ1n) is 17.7. The predicted octanol–water partition coefficient (Wildman–Crippen LogP) is 1.74. The molecule has 270 valence electrons. The quantitative estimate of drug-likeness (QED) is 0.357. The minimum absolute atomic E-state index is 0.0232. The van der Waals surface area contributed by atoms with Crippen molar-refractivity contribution in [3.63, 3.8) is 0 Å². The van der Waals surface area contributed by atoms with E-state index >= 15 is 0 Å². The standard InChI is InChI=1S/C37H50N6O7/c1-24(2)33-37(48)39-25(3)23-50-31-12-5-4-10-28(31)34(45)40-29(13-14-32(44)43-15-7-11-30(43)36(47)41-33)35(46)38-21-26-8-6-9-27(20-26)22-42-16-18-49-19-17-42/h4-6,8-10,12,20,24-25,29-30,33H,7,11,13-19,21-23H2,1-3H3,(H,38,46)(H,39,48)(H,40,45)(H,41,47)/t25-,29-,30-,33+/m0/s1. The van der Waals surface area contributed by atoms with Crippen LogP contribution in [-0.4, -0.2) is 103 Å². The van der Waals surface area contributed by atoms with Crippen LogP contribution in [0.3, 0.4) is 0 Å². The van der Waals surface area contributed by atoms with Gasteiger partial charge in [-0.15, -0.1) is 0 Å². The second-order valence-electron chi connectivity index (χ2n) is 13.7. The molecule has 0 aromatic heterocycles. The monoisotopic (exact) mass is 690 g/mol. The summed E-state index contributed by atoms with van der Waals surface area (Å²) < 4.78 is 11.4. The molecular formula is C37H50N6O7. The summed E-state index contributed by atoms with van der Waals surface area (Å²) in [6, 6.07) is 11.7. The summed E-state index contributed by atoms with van der Waals surface area (Å²) in [4.78, 5) is 71.5. The van der Waals surface area contributed by atoms with Crippen molar-refractivity contribution in [3.8, 4) is 5.75 Å². The normalized spacial score (nSPS) is 24.5. The Morgan fingerprint density at radius 1 is 0.920 bits per heavy atom. The lowest BCUT2D eigenvalue weighted by molar-refractivity contribution is -0.140. The fourth-order valence-electron chi connectivity index (χ4n) is 6.58. The van der Waals surface area contributed by atoms with Crippen molar-refractivity contribution in [2.45, 2.75) is 83.7 Å². The number of carbonyl (C=O) groups excluding carboxylic acids is 5. The highest BCUT2D eigenvalue weighted by Gasteiger charge is 2.37. The van der Waals surface area contributed by atoms with E-state index in [2.05, 4.69) is 38.3 Å². The van der Waals surface area contributed by atoms with E-state index in [1.54, 1.807) is 31.2 Å². The van der Waals surface area contributed by atoms with E-state index in [-0.39, 0.29) is 60.9 Å². The van der Waals surface area contributed by atoms with Gasteiger partial charge in [-0.05, 0) is 55.4 Å². The van der Waals surface area contributed by atoms with Crippen LogP contribution in [0.2, 0.25) is 0 Å². The van der Waals surface area contributed by atoms with E-state index < -0.39 is 36.0 Å². The first-order chi connectivity index (χ1) is 24.1. The topological polar surface area (TPSA) is 158 Å². The fourth-order valence-corrected chi connectivity index (χ4v) is 6.58. The summed E-state index contributed by atoms with van der Waals surface area (Å²) in [6.45, 7) is 10.1. The molecule has 0 bridgehead atoms. The number of nitrogens with one attached hydrogen (secondary N) is 4. The summed E-state index contributed by atoms with van der Waals surface area (Å²) in [5.74, 6) is -1.92. The lowest BCUT2D eigenvalue weighted by Gasteiger charge is -2.29. The van der Waals surface area contributed by atoms with Crippen molar-refractivity contribution in [3.05, 3.63) is 65.2 Å². The molecule has 13 heteroatoms. The van der Waals surface area contributed by atoms with Crippen LogP contribution >= 0.6 is 0 Å². The molecule has 0 radical (unpaired) electrons. The molecule has 2 aromatic carbocycles. The van der Waals surface area contributed by atoms with Crippen molar-refractivity contribution in [1.82, 2.24) is 31.1 Å². The highest BCUT2D eigenvalue weighted by atomic mass is 16.5. The van der Waals surface area contributed by atoms with Crippen LogP contribution in [0.4, 0.5) is 0 Å². The molecule has 0 unspecified atom stereocenters. The van der Waals surface area contributed by atoms with Crippen LogP contribution in [0.1, 0.15) is 67.9 Å². The Bertz CT molecular complexity index is 1530. The van der Waals surface area contributed by atoms with Crippen LogP contribution in [-0.2, 0) is 37.0 Å². The lowest BCUT2D eigenvalue weighted by atomic mass is 10.0.